The van der Waals surface area contributed by atoms with Crippen LogP contribution in [0.2, 0.25) is 0 Å². The van der Waals surface area contributed by atoms with E-state index in [0.717, 1.165) is 12.8 Å². The van der Waals surface area contributed by atoms with Gasteiger partial charge in [0.1, 0.15) is 4.90 Å². The third-order valence-electron chi connectivity index (χ3n) is 3.66. The maximum absolute atomic E-state index is 12.5. The molecule has 0 aliphatic carbocycles. The first-order valence-electron chi connectivity index (χ1n) is 7.29. The predicted molar refractivity (Wildman–Crippen MR) is 86.1 cm³/mol. The molecule has 1 N–H and O–H groups in total. The van der Waals surface area contributed by atoms with E-state index in [2.05, 4.69) is 13.8 Å². The number of rotatable bonds is 8. The number of hydrogen-bond donors (Lipinski definition) is 1. The molecular weight excluding hydrogens is 288 g/mol. The van der Waals surface area contributed by atoms with Crippen LogP contribution in [0.3, 0.4) is 0 Å². The molecule has 1 rings (SSSR count). The molecule has 0 aliphatic rings. The van der Waals surface area contributed by atoms with Crippen molar-refractivity contribution >= 4 is 15.7 Å². The van der Waals surface area contributed by atoms with Gasteiger partial charge in [0.15, 0.2) is 0 Å². The second-order valence-electron chi connectivity index (χ2n) is 5.14. The summed E-state index contributed by atoms with van der Waals surface area (Å²) in [5.41, 5.74) is 0.661. The Balaban J connectivity index is 3.40. The van der Waals surface area contributed by atoms with Gasteiger partial charge in [-0.25, -0.2) is 12.7 Å². The van der Waals surface area contributed by atoms with Crippen LogP contribution in [0.4, 0.5) is 5.69 Å². The van der Waals surface area contributed by atoms with Crippen LogP contribution >= 0.6 is 0 Å². The summed E-state index contributed by atoms with van der Waals surface area (Å²) in [4.78, 5) is 2.28. The Morgan fingerprint density at radius 1 is 1.14 bits per heavy atom. The van der Waals surface area contributed by atoms with Crippen molar-refractivity contribution in [1.82, 2.24) is 4.31 Å². The second-order valence-corrected chi connectivity index (χ2v) is 7.26. The fourth-order valence-electron chi connectivity index (χ4n) is 2.45. The van der Waals surface area contributed by atoms with E-state index in [1.807, 2.05) is 17.0 Å². The second kappa shape index (κ2) is 7.77. The van der Waals surface area contributed by atoms with Crippen molar-refractivity contribution < 1.29 is 13.5 Å². The van der Waals surface area contributed by atoms with E-state index >= 15 is 0 Å². The van der Waals surface area contributed by atoms with Crippen LogP contribution in [0.15, 0.2) is 29.2 Å². The highest BCUT2D eigenvalue weighted by Crippen LogP contribution is 2.29. The van der Waals surface area contributed by atoms with Crippen molar-refractivity contribution in [3.05, 3.63) is 24.3 Å². The summed E-state index contributed by atoms with van der Waals surface area (Å²) in [6.07, 6.45) is 1.79. The third kappa shape index (κ3) is 3.96. The molecule has 21 heavy (non-hydrogen) atoms. The first-order valence-corrected chi connectivity index (χ1v) is 8.73. The van der Waals surface area contributed by atoms with Crippen LogP contribution in [-0.4, -0.2) is 51.1 Å². The number of anilines is 1. The van der Waals surface area contributed by atoms with Crippen molar-refractivity contribution in [1.29, 1.82) is 0 Å². The van der Waals surface area contributed by atoms with Gasteiger partial charge in [-0.05, 0) is 25.0 Å². The number of nitrogens with zero attached hydrogens (tertiary/aromatic N) is 2. The summed E-state index contributed by atoms with van der Waals surface area (Å²) in [6, 6.07) is 7.19. The molecule has 0 spiro atoms. The SMILES string of the molecule is CCC(CC)N(CCO)c1ccccc1S(=O)(=O)N(C)C. The standard InChI is InChI=1S/C15H26N2O3S/c1-5-13(6-2)17(11-12-18)14-9-7-8-10-15(14)21(19,20)16(3)4/h7-10,13,18H,5-6,11-12H2,1-4H3. The van der Waals surface area contributed by atoms with E-state index in [4.69, 9.17) is 0 Å². The van der Waals surface area contributed by atoms with E-state index in [1.165, 1.54) is 18.4 Å². The monoisotopic (exact) mass is 314 g/mol. The van der Waals surface area contributed by atoms with Gasteiger partial charge in [-0.2, -0.15) is 0 Å². The van der Waals surface area contributed by atoms with Gasteiger partial charge in [0.05, 0.1) is 12.3 Å². The largest absolute Gasteiger partial charge is 0.395 e. The summed E-state index contributed by atoms with van der Waals surface area (Å²) in [5, 5.41) is 9.34. The van der Waals surface area contributed by atoms with Crippen LogP contribution in [0.25, 0.3) is 0 Å². The maximum atomic E-state index is 12.5. The molecule has 0 bridgehead atoms. The van der Waals surface area contributed by atoms with Crippen molar-refractivity contribution in [3.63, 3.8) is 0 Å². The van der Waals surface area contributed by atoms with Crippen LogP contribution in [0, 0.1) is 0 Å². The number of sulfonamides is 1. The molecule has 0 atom stereocenters. The third-order valence-corrected chi connectivity index (χ3v) is 5.52. The van der Waals surface area contributed by atoms with Crippen molar-refractivity contribution in [2.24, 2.45) is 0 Å². The predicted octanol–water partition coefficient (Wildman–Crippen LogP) is 1.92. The summed E-state index contributed by atoms with van der Waals surface area (Å²) in [5.74, 6) is 0. The smallest absolute Gasteiger partial charge is 0.244 e. The fraction of sp³-hybridized carbons (Fsp3) is 0.600. The Morgan fingerprint density at radius 3 is 2.19 bits per heavy atom. The highest BCUT2D eigenvalue weighted by molar-refractivity contribution is 7.89. The van der Waals surface area contributed by atoms with E-state index in [-0.39, 0.29) is 17.5 Å². The number of para-hydroxylation sites is 1. The lowest BCUT2D eigenvalue weighted by Gasteiger charge is -2.33. The van der Waals surface area contributed by atoms with Gasteiger partial charge in [0.25, 0.3) is 0 Å². The van der Waals surface area contributed by atoms with Crippen LogP contribution in [0.5, 0.6) is 0 Å². The minimum atomic E-state index is -3.51. The zero-order valence-corrected chi connectivity index (χ0v) is 14.1. The quantitative estimate of drug-likeness (QED) is 0.796. The van der Waals surface area contributed by atoms with E-state index in [0.29, 0.717) is 12.2 Å². The molecule has 1 aromatic rings. The van der Waals surface area contributed by atoms with Gasteiger partial charge < -0.3 is 10.0 Å². The Kier molecular flexibility index (Phi) is 6.64. The molecule has 0 aliphatic heterocycles. The molecular formula is C15H26N2O3S. The lowest BCUT2D eigenvalue weighted by Crippen LogP contribution is -2.38. The average molecular weight is 314 g/mol. The first-order chi connectivity index (χ1) is 9.89. The van der Waals surface area contributed by atoms with Crippen molar-refractivity contribution in [3.8, 4) is 0 Å². The first kappa shape index (κ1) is 17.9. The molecule has 0 saturated heterocycles. The van der Waals surface area contributed by atoms with Crippen LogP contribution in [0.1, 0.15) is 26.7 Å². The lowest BCUT2D eigenvalue weighted by atomic mass is 10.1. The van der Waals surface area contributed by atoms with Crippen molar-refractivity contribution in [2.45, 2.75) is 37.6 Å². The summed E-state index contributed by atoms with van der Waals surface area (Å²) < 4.78 is 26.2. The Labute approximate surface area is 128 Å². The topological polar surface area (TPSA) is 60.9 Å². The molecule has 0 heterocycles. The minimum absolute atomic E-state index is 0.00710. The normalized spacial score (nSPS) is 12.1. The van der Waals surface area contributed by atoms with E-state index in [1.54, 1.807) is 12.1 Å². The molecule has 0 saturated carbocycles. The van der Waals surface area contributed by atoms with E-state index in [9.17, 15) is 13.5 Å². The summed E-state index contributed by atoms with van der Waals surface area (Å²) >= 11 is 0. The molecule has 0 unspecified atom stereocenters. The number of hydrogen-bond acceptors (Lipinski definition) is 4. The summed E-state index contributed by atoms with van der Waals surface area (Å²) in [6.45, 7) is 4.56. The number of aliphatic hydroxyl groups is 1. The van der Waals surface area contributed by atoms with Gasteiger partial charge >= 0.3 is 0 Å². The lowest BCUT2D eigenvalue weighted by molar-refractivity contribution is 0.295. The Hall–Kier alpha value is -1.11. The zero-order chi connectivity index (χ0) is 16.0. The van der Waals surface area contributed by atoms with Crippen molar-refractivity contribution in [2.75, 3.05) is 32.1 Å². The fourth-order valence-corrected chi connectivity index (χ4v) is 3.54. The molecule has 6 heteroatoms. The molecule has 120 valence electrons. The zero-order valence-electron chi connectivity index (χ0n) is 13.3. The number of aliphatic hydroxyl groups excluding tert-OH is 1. The summed E-state index contributed by atoms with van der Waals surface area (Å²) in [7, 11) is -0.456. The van der Waals surface area contributed by atoms with Gasteiger partial charge in [-0.3, -0.25) is 0 Å². The molecule has 5 nitrogen and oxygen atoms in total. The van der Waals surface area contributed by atoms with Crippen LogP contribution in [-0.2, 0) is 10.0 Å². The van der Waals surface area contributed by atoms with Crippen LogP contribution < -0.4 is 4.90 Å². The minimum Gasteiger partial charge on any atom is -0.395 e. The molecule has 0 amide bonds. The molecule has 0 radical (unpaired) electrons. The van der Waals surface area contributed by atoms with E-state index < -0.39 is 10.0 Å². The average Bonchev–Trinajstić information content (AvgIpc) is 2.47. The van der Waals surface area contributed by atoms with Gasteiger partial charge in [0, 0.05) is 26.7 Å². The highest BCUT2D eigenvalue weighted by Gasteiger charge is 2.26. The van der Waals surface area contributed by atoms with Gasteiger partial charge in [-0.1, -0.05) is 26.0 Å². The van der Waals surface area contributed by atoms with Gasteiger partial charge in [0.2, 0.25) is 10.0 Å². The highest BCUT2D eigenvalue weighted by atomic mass is 32.2. The van der Waals surface area contributed by atoms with Gasteiger partial charge in [-0.15, -0.1) is 0 Å². The molecule has 1 aromatic carbocycles. The number of benzene rings is 1. The molecule has 0 aromatic heterocycles. The Bertz CT molecular complexity index is 540. The molecule has 0 fully saturated rings. The maximum Gasteiger partial charge on any atom is 0.244 e. The Morgan fingerprint density at radius 2 is 1.71 bits per heavy atom.